The second-order valence-corrected chi connectivity index (χ2v) is 8.49. The Bertz CT molecular complexity index is 1120. The van der Waals surface area contributed by atoms with Crippen molar-refractivity contribution < 1.29 is 37.1 Å². The van der Waals surface area contributed by atoms with Gasteiger partial charge in [0.25, 0.3) is 5.91 Å². The van der Waals surface area contributed by atoms with Gasteiger partial charge in [0.1, 0.15) is 5.75 Å². The van der Waals surface area contributed by atoms with Crippen LogP contribution in [0.1, 0.15) is 19.4 Å². The van der Waals surface area contributed by atoms with Crippen molar-refractivity contribution in [2.75, 3.05) is 26.6 Å². The SMILES string of the molecule is COc1ccc(-c2csnc2-c2cc(C)c(OC)c(OC)c2)cc1NC(=O)[C@@H]([NH3+])C(C)C.[Cl-]. The first kappa shape index (κ1) is 26.4. The fourth-order valence-corrected chi connectivity index (χ4v) is 4.16. The summed E-state index contributed by atoms with van der Waals surface area (Å²) in [6, 6.07) is 9.30. The molecule has 0 aliphatic heterocycles. The third-order valence-electron chi connectivity index (χ3n) is 5.42. The molecule has 1 heterocycles. The number of anilines is 1. The molecule has 0 fully saturated rings. The normalized spacial score (nSPS) is 11.5. The smallest absolute Gasteiger partial charge is 0.282 e. The van der Waals surface area contributed by atoms with Gasteiger partial charge in [-0.05, 0) is 53.8 Å². The van der Waals surface area contributed by atoms with E-state index in [0.717, 1.165) is 27.9 Å². The van der Waals surface area contributed by atoms with Crippen molar-refractivity contribution in [3.05, 3.63) is 41.3 Å². The van der Waals surface area contributed by atoms with Crippen LogP contribution in [0.15, 0.2) is 35.7 Å². The fraction of sp³-hybridized carbons (Fsp3) is 0.333. The molecule has 178 valence electrons. The van der Waals surface area contributed by atoms with Crippen molar-refractivity contribution >= 4 is 23.1 Å². The summed E-state index contributed by atoms with van der Waals surface area (Å²) in [5.41, 5.74) is 9.16. The number of amides is 1. The zero-order valence-corrected chi connectivity index (χ0v) is 21.3. The van der Waals surface area contributed by atoms with Crippen molar-refractivity contribution in [1.82, 2.24) is 4.37 Å². The first-order valence-corrected chi connectivity index (χ1v) is 11.1. The van der Waals surface area contributed by atoms with Gasteiger partial charge in [-0.25, -0.2) is 0 Å². The second kappa shape index (κ2) is 11.4. The molecule has 0 aliphatic carbocycles. The summed E-state index contributed by atoms with van der Waals surface area (Å²) in [5, 5.41) is 4.96. The number of halogens is 1. The molecule has 1 aromatic heterocycles. The average molecular weight is 492 g/mol. The first-order chi connectivity index (χ1) is 15.3. The van der Waals surface area contributed by atoms with E-state index in [0.29, 0.717) is 22.9 Å². The number of ether oxygens (including phenoxy) is 3. The number of hydrogen-bond donors (Lipinski definition) is 2. The van der Waals surface area contributed by atoms with Crippen LogP contribution in [0.25, 0.3) is 22.4 Å². The minimum absolute atomic E-state index is 0. The van der Waals surface area contributed by atoms with E-state index in [1.807, 2.05) is 56.5 Å². The Labute approximate surface area is 204 Å². The second-order valence-electron chi connectivity index (χ2n) is 7.86. The maximum atomic E-state index is 12.6. The highest BCUT2D eigenvalue weighted by Crippen LogP contribution is 2.41. The van der Waals surface area contributed by atoms with Crippen LogP contribution in [0.2, 0.25) is 0 Å². The van der Waals surface area contributed by atoms with Gasteiger partial charge in [0.2, 0.25) is 0 Å². The molecule has 0 radical (unpaired) electrons. The number of aromatic nitrogens is 1. The molecule has 0 unspecified atom stereocenters. The molecular weight excluding hydrogens is 462 g/mol. The van der Waals surface area contributed by atoms with Crippen LogP contribution in [0.3, 0.4) is 0 Å². The highest BCUT2D eigenvalue weighted by atomic mass is 35.5. The van der Waals surface area contributed by atoms with E-state index in [4.69, 9.17) is 14.2 Å². The summed E-state index contributed by atoms with van der Waals surface area (Å²) in [6.45, 7) is 5.92. The summed E-state index contributed by atoms with van der Waals surface area (Å²) in [7, 11) is 4.83. The lowest BCUT2D eigenvalue weighted by molar-refractivity contribution is -0.412. The number of carbonyl (C=O) groups is 1. The zero-order valence-electron chi connectivity index (χ0n) is 19.7. The Hall–Kier alpha value is -2.81. The van der Waals surface area contributed by atoms with Crippen molar-refractivity contribution in [2.24, 2.45) is 5.92 Å². The topological polar surface area (TPSA) is 97.3 Å². The summed E-state index contributed by atoms with van der Waals surface area (Å²) in [6.07, 6.45) is 0. The van der Waals surface area contributed by atoms with E-state index in [-0.39, 0.29) is 30.3 Å². The Morgan fingerprint density at radius 1 is 1.03 bits per heavy atom. The summed E-state index contributed by atoms with van der Waals surface area (Å²) < 4.78 is 21.1. The third kappa shape index (κ3) is 5.58. The molecule has 0 aliphatic rings. The van der Waals surface area contributed by atoms with Crippen molar-refractivity contribution in [2.45, 2.75) is 26.8 Å². The molecule has 1 amide bonds. The number of rotatable bonds is 8. The van der Waals surface area contributed by atoms with Crippen molar-refractivity contribution in [3.63, 3.8) is 0 Å². The largest absolute Gasteiger partial charge is 1.00 e. The van der Waals surface area contributed by atoms with Gasteiger partial charge < -0.3 is 37.7 Å². The first-order valence-electron chi connectivity index (χ1n) is 10.3. The number of quaternary nitrogens is 1. The fourth-order valence-electron chi connectivity index (χ4n) is 3.44. The number of hydrogen-bond acceptors (Lipinski definition) is 6. The van der Waals surface area contributed by atoms with Crippen LogP contribution < -0.4 is 37.7 Å². The van der Waals surface area contributed by atoms with Gasteiger partial charge in [-0.15, -0.1) is 0 Å². The van der Waals surface area contributed by atoms with E-state index >= 15 is 0 Å². The van der Waals surface area contributed by atoms with Crippen LogP contribution in [0, 0.1) is 12.8 Å². The van der Waals surface area contributed by atoms with E-state index in [1.54, 1.807) is 21.3 Å². The maximum Gasteiger partial charge on any atom is 0.282 e. The van der Waals surface area contributed by atoms with E-state index in [9.17, 15) is 4.79 Å². The molecule has 0 saturated heterocycles. The van der Waals surface area contributed by atoms with Gasteiger partial charge in [0.15, 0.2) is 17.5 Å². The molecule has 1 atom stereocenters. The molecule has 9 heteroatoms. The predicted molar refractivity (Wildman–Crippen MR) is 128 cm³/mol. The average Bonchev–Trinajstić information content (AvgIpc) is 3.27. The van der Waals surface area contributed by atoms with Crippen LogP contribution in [0.5, 0.6) is 17.2 Å². The van der Waals surface area contributed by atoms with Gasteiger partial charge in [-0.2, -0.15) is 4.37 Å². The lowest BCUT2D eigenvalue weighted by Gasteiger charge is -2.16. The minimum Gasteiger partial charge on any atom is -1.00 e. The lowest BCUT2D eigenvalue weighted by Crippen LogP contribution is -3.00. The number of methoxy groups -OCH3 is 3. The molecule has 3 aromatic rings. The van der Waals surface area contributed by atoms with Crippen molar-refractivity contribution in [3.8, 4) is 39.6 Å². The Balaban J connectivity index is 0.00000385. The Morgan fingerprint density at radius 2 is 1.73 bits per heavy atom. The molecule has 33 heavy (non-hydrogen) atoms. The van der Waals surface area contributed by atoms with Gasteiger partial charge in [0.05, 0.1) is 32.7 Å². The summed E-state index contributed by atoms with van der Waals surface area (Å²) >= 11 is 1.37. The quantitative estimate of drug-likeness (QED) is 0.490. The monoisotopic (exact) mass is 491 g/mol. The Morgan fingerprint density at radius 3 is 2.33 bits per heavy atom. The zero-order chi connectivity index (χ0) is 23.4. The van der Waals surface area contributed by atoms with Crippen LogP contribution in [0.4, 0.5) is 5.69 Å². The standard InChI is InChI=1S/C24H29N3O4S.ClH/c1-13(2)21(25)24(28)26-18-10-15(7-8-19(18)29-4)17-12-32-27-22(17)16-9-14(3)23(31-6)20(11-16)30-5;/h7-13,21H,25H2,1-6H3,(H,26,28);1H/t21-;/m0./s1. The molecule has 0 spiro atoms. The molecular formula is C24H30ClN3O4S. The number of nitrogens with one attached hydrogen (secondary N) is 1. The molecule has 4 N–H and O–H groups in total. The summed E-state index contributed by atoms with van der Waals surface area (Å²) in [4.78, 5) is 12.6. The number of carbonyl (C=O) groups excluding carboxylic acids is 1. The number of nitrogens with zero attached hydrogens (tertiary/aromatic N) is 1. The molecule has 2 aromatic carbocycles. The van der Waals surface area contributed by atoms with E-state index < -0.39 is 0 Å². The summed E-state index contributed by atoms with van der Waals surface area (Å²) in [5.74, 6) is 1.93. The van der Waals surface area contributed by atoms with Crippen LogP contribution in [-0.4, -0.2) is 37.7 Å². The minimum atomic E-state index is -0.364. The number of benzene rings is 2. The Kier molecular flexibility index (Phi) is 9.10. The van der Waals surface area contributed by atoms with Gasteiger partial charge >= 0.3 is 0 Å². The van der Waals surface area contributed by atoms with Crippen LogP contribution in [-0.2, 0) is 4.79 Å². The molecule has 7 nitrogen and oxygen atoms in total. The molecule has 0 saturated carbocycles. The van der Waals surface area contributed by atoms with Crippen LogP contribution >= 0.6 is 11.5 Å². The molecule has 0 bridgehead atoms. The maximum absolute atomic E-state index is 12.6. The van der Waals surface area contributed by atoms with Gasteiger partial charge in [0, 0.05) is 22.4 Å². The third-order valence-corrected chi connectivity index (χ3v) is 6.05. The van der Waals surface area contributed by atoms with E-state index in [2.05, 4.69) is 15.4 Å². The predicted octanol–water partition coefficient (Wildman–Crippen LogP) is 1.02. The highest BCUT2D eigenvalue weighted by molar-refractivity contribution is 7.04. The van der Waals surface area contributed by atoms with E-state index in [1.165, 1.54) is 11.5 Å². The highest BCUT2D eigenvalue weighted by Gasteiger charge is 2.23. The lowest BCUT2D eigenvalue weighted by atomic mass is 9.99. The van der Waals surface area contributed by atoms with Gasteiger partial charge in [-0.3, -0.25) is 4.79 Å². The van der Waals surface area contributed by atoms with Gasteiger partial charge in [-0.1, -0.05) is 19.9 Å². The molecule has 3 rings (SSSR count). The van der Waals surface area contributed by atoms with Crippen molar-refractivity contribution in [1.29, 1.82) is 0 Å². The number of aryl methyl sites for hydroxylation is 1.